The minimum absolute atomic E-state index is 0.0789. The molecule has 0 aliphatic rings. The van der Waals surface area contributed by atoms with Crippen molar-refractivity contribution in [1.29, 1.82) is 0 Å². The van der Waals surface area contributed by atoms with Gasteiger partial charge >= 0.3 is 5.22 Å². The van der Waals surface area contributed by atoms with Gasteiger partial charge in [0.15, 0.2) is 0 Å². The lowest BCUT2D eigenvalue weighted by Gasteiger charge is -2.06. The van der Waals surface area contributed by atoms with Crippen molar-refractivity contribution in [2.75, 3.05) is 6.54 Å². The maximum atomic E-state index is 12.3. The van der Waals surface area contributed by atoms with Gasteiger partial charge in [-0.15, -0.1) is 5.10 Å². The Morgan fingerprint density at radius 1 is 1.11 bits per heavy atom. The molecule has 2 rings (SSSR count). The number of aryl methyl sites for hydroxylation is 1. The van der Waals surface area contributed by atoms with E-state index in [4.69, 9.17) is 4.42 Å². The van der Waals surface area contributed by atoms with E-state index in [0.717, 1.165) is 19.3 Å². The molecule has 0 unspecified atom stereocenters. The summed E-state index contributed by atoms with van der Waals surface area (Å²) < 4.78 is 30.0. The Bertz CT molecular complexity index is 816. The van der Waals surface area contributed by atoms with Gasteiger partial charge in [0.1, 0.15) is 0 Å². The molecule has 0 atom stereocenters. The Morgan fingerprint density at radius 2 is 1.85 bits per heavy atom. The molecule has 2 aromatic rings. The highest BCUT2D eigenvalue weighted by molar-refractivity contribution is 7.90. The van der Waals surface area contributed by atoms with Crippen LogP contribution in [0, 0.1) is 5.92 Å². The molecule has 1 aromatic heterocycles. The van der Waals surface area contributed by atoms with Crippen LogP contribution in [-0.2, 0) is 26.8 Å². The van der Waals surface area contributed by atoms with Gasteiger partial charge in [0, 0.05) is 19.4 Å². The average Bonchev–Trinajstić information content (AvgIpc) is 3.08. The lowest BCUT2D eigenvalue weighted by molar-refractivity contribution is -0.121. The van der Waals surface area contributed by atoms with Crippen molar-refractivity contribution in [3.63, 3.8) is 0 Å². The Labute approximate surface area is 160 Å². The van der Waals surface area contributed by atoms with E-state index in [2.05, 4.69) is 15.5 Å². The number of hydrogen-bond donors (Lipinski definition) is 1. The quantitative estimate of drug-likeness (QED) is 0.589. The Hall–Kier alpha value is -2.22. The van der Waals surface area contributed by atoms with Crippen LogP contribution >= 0.6 is 0 Å². The predicted octanol–water partition coefficient (Wildman–Crippen LogP) is 2.92. The fourth-order valence-corrected chi connectivity index (χ4v) is 3.71. The molecule has 27 heavy (non-hydrogen) atoms. The standard InChI is InChI=1S/C19H27N3O4S/c1-15(2)13-17(23)20-12-8-4-7-11-18-21-22-19(26-18)27(24,25)14-16-9-5-3-6-10-16/h3,5-6,9-10,15H,4,7-8,11-14H2,1-2H3,(H,20,23). The molecule has 1 heterocycles. The van der Waals surface area contributed by atoms with Crippen molar-refractivity contribution in [2.45, 2.75) is 56.9 Å². The number of aromatic nitrogens is 2. The first-order valence-corrected chi connectivity index (χ1v) is 10.9. The van der Waals surface area contributed by atoms with Crippen LogP contribution in [0.4, 0.5) is 0 Å². The summed E-state index contributed by atoms with van der Waals surface area (Å²) >= 11 is 0. The van der Waals surface area contributed by atoms with Gasteiger partial charge in [-0.3, -0.25) is 4.79 Å². The molecule has 0 spiro atoms. The van der Waals surface area contributed by atoms with Crippen molar-refractivity contribution in [3.05, 3.63) is 41.8 Å². The summed E-state index contributed by atoms with van der Waals surface area (Å²) in [5, 5.41) is 10.1. The summed E-state index contributed by atoms with van der Waals surface area (Å²) in [6.45, 7) is 4.67. The molecule has 1 aromatic carbocycles. The molecule has 0 radical (unpaired) electrons. The lowest BCUT2D eigenvalue weighted by atomic mass is 10.1. The maximum Gasteiger partial charge on any atom is 0.335 e. The predicted molar refractivity (Wildman–Crippen MR) is 102 cm³/mol. The van der Waals surface area contributed by atoms with Crippen LogP contribution in [0.25, 0.3) is 0 Å². The van der Waals surface area contributed by atoms with Crippen LogP contribution < -0.4 is 5.32 Å². The van der Waals surface area contributed by atoms with Crippen LogP contribution in [0.5, 0.6) is 0 Å². The third-order valence-electron chi connectivity index (χ3n) is 3.90. The van der Waals surface area contributed by atoms with Gasteiger partial charge in [0.05, 0.1) is 5.75 Å². The fraction of sp³-hybridized carbons (Fsp3) is 0.526. The first-order valence-electron chi connectivity index (χ1n) is 9.22. The van der Waals surface area contributed by atoms with Crippen molar-refractivity contribution in [1.82, 2.24) is 15.5 Å². The van der Waals surface area contributed by atoms with Gasteiger partial charge < -0.3 is 9.73 Å². The summed E-state index contributed by atoms with van der Waals surface area (Å²) in [5.41, 5.74) is 0.678. The molecule has 148 valence electrons. The summed E-state index contributed by atoms with van der Waals surface area (Å²) in [6, 6.07) is 8.89. The van der Waals surface area contributed by atoms with E-state index in [9.17, 15) is 13.2 Å². The minimum Gasteiger partial charge on any atom is -0.413 e. The molecule has 8 heteroatoms. The second kappa shape index (κ2) is 10.2. The highest BCUT2D eigenvalue weighted by Crippen LogP contribution is 2.16. The maximum absolute atomic E-state index is 12.3. The van der Waals surface area contributed by atoms with E-state index < -0.39 is 9.84 Å². The van der Waals surface area contributed by atoms with Crippen LogP contribution in [0.15, 0.2) is 40.0 Å². The number of nitrogens with zero attached hydrogens (tertiary/aromatic N) is 2. The summed E-state index contributed by atoms with van der Waals surface area (Å²) in [6.07, 6.45) is 3.60. The van der Waals surface area contributed by atoms with Crippen LogP contribution in [0.1, 0.15) is 51.0 Å². The molecule has 1 N–H and O–H groups in total. The fourth-order valence-electron chi connectivity index (χ4n) is 2.57. The number of amides is 1. The Balaban J connectivity index is 1.72. The summed E-state index contributed by atoms with van der Waals surface area (Å²) in [5.74, 6) is 0.599. The first-order chi connectivity index (χ1) is 12.9. The molecule has 0 aliphatic heterocycles. The SMILES string of the molecule is CC(C)CC(=O)NCCCCCc1nnc(S(=O)(=O)Cc2ccccc2)o1. The molecule has 0 bridgehead atoms. The third-order valence-corrected chi connectivity index (χ3v) is 5.31. The minimum atomic E-state index is -3.64. The van der Waals surface area contributed by atoms with E-state index in [1.54, 1.807) is 24.3 Å². The second-order valence-electron chi connectivity index (χ2n) is 6.96. The number of sulfone groups is 1. The summed E-state index contributed by atoms with van der Waals surface area (Å²) in [4.78, 5) is 11.5. The second-order valence-corrected chi connectivity index (χ2v) is 8.83. The number of nitrogens with one attached hydrogen (secondary N) is 1. The third kappa shape index (κ3) is 7.50. The number of carbonyl (C=O) groups is 1. The van der Waals surface area contributed by atoms with E-state index in [1.807, 2.05) is 19.9 Å². The molecular weight excluding hydrogens is 366 g/mol. The Morgan fingerprint density at radius 3 is 2.56 bits per heavy atom. The van der Waals surface area contributed by atoms with Gasteiger partial charge in [-0.05, 0) is 24.3 Å². The van der Waals surface area contributed by atoms with E-state index in [-0.39, 0.29) is 16.9 Å². The number of carbonyl (C=O) groups excluding carboxylic acids is 1. The highest BCUT2D eigenvalue weighted by Gasteiger charge is 2.22. The van der Waals surface area contributed by atoms with Crippen molar-refractivity contribution in [2.24, 2.45) is 5.92 Å². The molecule has 7 nitrogen and oxygen atoms in total. The molecule has 0 aliphatic carbocycles. The number of rotatable bonds is 11. The zero-order chi connectivity index (χ0) is 19.7. The average molecular weight is 394 g/mol. The van der Waals surface area contributed by atoms with Gasteiger partial charge in [-0.25, -0.2) is 8.42 Å². The van der Waals surface area contributed by atoms with E-state index >= 15 is 0 Å². The van der Waals surface area contributed by atoms with Crippen LogP contribution in [0.2, 0.25) is 0 Å². The van der Waals surface area contributed by atoms with E-state index in [1.165, 1.54) is 0 Å². The Kier molecular flexibility index (Phi) is 7.97. The number of unbranched alkanes of at least 4 members (excludes halogenated alkanes) is 2. The van der Waals surface area contributed by atoms with Gasteiger partial charge in [0.25, 0.3) is 0 Å². The molecule has 1 amide bonds. The van der Waals surface area contributed by atoms with Crippen molar-refractivity contribution < 1.29 is 17.6 Å². The largest absolute Gasteiger partial charge is 0.413 e. The normalized spacial score (nSPS) is 11.7. The first kappa shape index (κ1) is 21.1. The monoisotopic (exact) mass is 393 g/mol. The van der Waals surface area contributed by atoms with Gasteiger partial charge in [-0.2, -0.15) is 0 Å². The van der Waals surface area contributed by atoms with Crippen molar-refractivity contribution in [3.8, 4) is 0 Å². The lowest BCUT2D eigenvalue weighted by Crippen LogP contribution is -2.25. The van der Waals surface area contributed by atoms with Gasteiger partial charge in [-0.1, -0.05) is 55.7 Å². The van der Waals surface area contributed by atoms with E-state index in [0.29, 0.717) is 36.8 Å². The zero-order valence-corrected chi connectivity index (χ0v) is 16.7. The van der Waals surface area contributed by atoms with Crippen LogP contribution in [-0.4, -0.2) is 31.1 Å². The van der Waals surface area contributed by atoms with Crippen molar-refractivity contribution >= 4 is 15.7 Å². The topological polar surface area (TPSA) is 102 Å². The number of benzene rings is 1. The highest BCUT2D eigenvalue weighted by atomic mass is 32.2. The zero-order valence-electron chi connectivity index (χ0n) is 15.8. The van der Waals surface area contributed by atoms with Gasteiger partial charge in [0.2, 0.25) is 21.6 Å². The molecule has 0 saturated carbocycles. The molecule has 0 saturated heterocycles. The van der Waals surface area contributed by atoms with Crippen LogP contribution in [0.3, 0.4) is 0 Å². The summed E-state index contributed by atoms with van der Waals surface area (Å²) in [7, 11) is -3.64. The molecular formula is C19H27N3O4S. The number of hydrogen-bond acceptors (Lipinski definition) is 6. The molecule has 0 fully saturated rings. The smallest absolute Gasteiger partial charge is 0.335 e.